The maximum absolute atomic E-state index is 17.9. The molecule has 0 N–H and O–H groups in total. The van der Waals surface area contributed by atoms with Crippen LogP contribution in [-0.4, -0.2) is 20.1 Å². The molecular formula is C88H45B3F8N4O5S2. The van der Waals surface area contributed by atoms with Gasteiger partial charge in [-0.25, -0.2) is 35.1 Å². The van der Waals surface area contributed by atoms with Crippen molar-refractivity contribution in [2.24, 2.45) is 0 Å². The number of halogens is 8. The molecule has 6 aliphatic heterocycles. The van der Waals surface area contributed by atoms with E-state index in [1.807, 2.05) is 91.0 Å². The Morgan fingerprint density at radius 1 is 0.255 bits per heavy atom. The second-order valence-electron chi connectivity index (χ2n) is 27.5. The minimum Gasteiger partial charge on any atom is -0.458 e. The van der Waals surface area contributed by atoms with Crippen LogP contribution in [-0.2, 0) is 0 Å². The zero-order valence-electron chi connectivity index (χ0n) is 56.9. The maximum atomic E-state index is 17.9. The maximum Gasteiger partial charge on any atom is 0.268 e. The van der Waals surface area contributed by atoms with Gasteiger partial charge in [0.15, 0.2) is 0 Å². The minimum atomic E-state index is -1.04. The molecule has 22 heteroatoms. The molecule has 22 rings (SSSR count). The van der Waals surface area contributed by atoms with Crippen LogP contribution in [0.5, 0.6) is 57.5 Å². The number of nitrogens with zero attached hydrogens (tertiary/aromatic N) is 4. The van der Waals surface area contributed by atoms with Gasteiger partial charge in [-0.2, -0.15) is 0 Å². The van der Waals surface area contributed by atoms with Crippen LogP contribution in [0.4, 0.5) is 103 Å². The highest BCUT2D eigenvalue weighted by Crippen LogP contribution is 2.55. The summed E-state index contributed by atoms with van der Waals surface area (Å²) in [6.07, 6.45) is 0. The largest absolute Gasteiger partial charge is 0.458 e. The fourth-order valence-electron chi connectivity index (χ4n) is 17.1. The van der Waals surface area contributed by atoms with Gasteiger partial charge in [0.1, 0.15) is 127 Å². The van der Waals surface area contributed by atoms with Gasteiger partial charge >= 0.3 is 0 Å². The molecule has 8 heterocycles. The minimum absolute atomic E-state index is 0.112. The summed E-state index contributed by atoms with van der Waals surface area (Å²) in [5.41, 5.74) is 3.11. The molecule has 0 atom stereocenters. The Morgan fingerprint density at radius 3 is 1.10 bits per heavy atom. The van der Waals surface area contributed by atoms with Gasteiger partial charge in [0, 0.05) is 112 Å². The van der Waals surface area contributed by atoms with Crippen LogP contribution in [0.15, 0.2) is 273 Å². The van der Waals surface area contributed by atoms with Gasteiger partial charge in [-0.15, -0.1) is 22.7 Å². The number of benzene rings is 14. The molecule has 9 nitrogen and oxygen atoms in total. The summed E-state index contributed by atoms with van der Waals surface area (Å²) in [6.45, 7) is -2.74. The van der Waals surface area contributed by atoms with Crippen molar-refractivity contribution >= 4 is 179 Å². The highest BCUT2D eigenvalue weighted by molar-refractivity contribution is 7.34. The van der Waals surface area contributed by atoms with Crippen molar-refractivity contribution < 1.29 is 58.8 Å². The molecule has 0 radical (unpaired) electrons. The van der Waals surface area contributed by atoms with Crippen molar-refractivity contribution in [2.45, 2.75) is 0 Å². The van der Waals surface area contributed by atoms with Crippen molar-refractivity contribution in [1.29, 1.82) is 0 Å². The fraction of sp³-hybridized carbons (Fsp3) is 0. The van der Waals surface area contributed by atoms with E-state index < -0.39 is 89.4 Å². The van der Waals surface area contributed by atoms with E-state index in [1.54, 1.807) is 109 Å². The van der Waals surface area contributed by atoms with Gasteiger partial charge in [-0.05, 0) is 147 Å². The fourth-order valence-corrected chi connectivity index (χ4v) is 19.6. The second-order valence-corrected chi connectivity index (χ2v) is 29.6. The van der Waals surface area contributed by atoms with Crippen molar-refractivity contribution in [2.75, 3.05) is 19.6 Å². The monoisotopic (exact) mass is 1490 g/mol. The van der Waals surface area contributed by atoms with E-state index in [0.717, 1.165) is 43.8 Å². The molecule has 0 saturated heterocycles. The molecule has 16 aromatic rings. The van der Waals surface area contributed by atoms with E-state index in [9.17, 15) is 0 Å². The molecule has 524 valence electrons. The zero-order valence-corrected chi connectivity index (χ0v) is 58.5. The van der Waals surface area contributed by atoms with Crippen molar-refractivity contribution in [1.82, 2.24) is 0 Å². The predicted molar refractivity (Wildman–Crippen MR) is 422 cm³/mol. The van der Waals surface area contributed by atoms with Crippen LogP contribution in [0.1, 0.15) is 0 Å². The van der Waals surface area contributed by atoms with Crippen LogP contribution in [0, 0.1) is 46.5 Å². The lowest BCUT2D eigenvalue weighted by atomic mass is 9.30. The van der Waals surface area contributed by atoms with Gasteiger partial charge in [0.2, 0.25) is 0 Å². The third-order valence-electron chi connectivity index (χ3n) is 21.4. The lowest BCUT2D eigenvalue weighted by Crippen LogP contribution is -2.65. The summed E-state index contributed by atoms with van der Waals surface area (Å²) in [4.78, 5) is 5.92. The number of para-hydroxylation sites is 7. The number of thiophene rings is 2. The van der Waals surface area contributed by atoms with E-state index >= 15 is 35.1 Å². The number of hydrogen-bond donors (Lipinski definition) is 0. The normalized spacial score (nSPS) is 13.5. The Balaban J connectivity index is 0.870. The van der Waals surface area contributed by atoms with Crippen molar-refractivity contribution in [3.63, 3.8) is 0 Å². The Bertz CT molecular complexity index is 6600. The van der Waals surface area contributed by atoms with E-state index in [1.165, 1.54) is 90.8 Å². The van der Waals surface area contributed by atoms with Crippen LogP contribution in [0.3, 0.4) is 0 Å². The number of anilines is 12. The summed E-state index contributed by atoms with van der Waals surface area (Å²) < 4.78 is 179. The highest BCUT2D eigenvalue weighted by Gasteiger charge is 2.53. The first kappa shape index (κ1) is 64.1. The van der Waals surface area contributed by atoms with E-state index in [0.29, 0.717) is 100.0 Å². The van der Waals surface area contributed by atoms with E-state index in [4.69, 9.17) is 23.7 Å². The molecule has 110 heavy (non-hydrogen) atoms. The second kappa shape index (κ2) is 24.2. The van der Waals surface area contributed by atoms with Gasteiger partial charge in [-0.3, -0.25) is 0 Å². The van der Waals surface area contributed by atoms with Gasteiger partial charge < -0.3 is 43.3 Å². The summed E-state index contributed by atoms with van der Waals surface area (Å²) >= 11 is 2.88. The van der Waals surface area contributed by atoms with Gasteiger partial charge in [-0.1, -0.05) is 121 Å². The van der Waals surface area contributed by atoms with E-state index in [2.05, 4.69) is 0 Å². The zero-order chi connectivity index (χ0) is 73.6. The summed E-state index contributed by atoms with van der Waals surface area (Å²) in [7, 11) is 0. The number of ether oxygens (including phenoxy) is 5. The number of fused-ring (bicyclic) bond motifs is 16. The van der Waals surface area contributed by atoms with Gasteiger partial charge in [0.25, 0.3) is 20.1 Å². The Kier molecular flexibility index (Phi) is 14.1. The quantitative estimate of drug-likeness (QED) is 0.0984. The number of hydrogen-bond acceptors (Lipinski definition) is 11. The molecule has 14 aromatic carbocycles. The topological polar surface area (TPSA) is 59.1 Å². The van der Waals surface area contributed by atoms with E-state index in [-0.39, 0.29) is 51.4 Å². The molecule has 0 unspecified atom stereocenters. The third-order valence-corrected chi connectivity index (χ3v) is 23.8. The molecule has 0 saturated carbocycles. The molecule has 0 spiro atoms. The lowest BCUT2D eigenvalue weighted by molar-refractivity contribution is 0.463. The van der Waals surface area contributed by atoms with Crippen molar-refractivity contribution in [3.8, 4) is 57.5 Å². The first-order valence-corrected chi connectivity index (χ1v) is 36.9. The summed E-state index contributed by atoms with van der Waals surface area (Å²) in [5, 5.41) is 1.44. The summed E-state index contributed by atoms with van der Waals surface area (Å²) in [5.74, 6) is -4.48. The molecule has 0 bridgehead atoms. The standard InChI is InChI=1S/C88H45B3F8N4O5S2/c92-58-26-14-27-59(93)82(58)100-67-44-66-54(42-55(67)90-78-69(100)36-49(104-46-18-4-1-5-19-46)37-70(78)103(85-64(98)32-17-33-65(85)99)81-52-24-10-12-34-76(52)109-87(81)90)89-57-43-56-68(45-73(57)107-74-40-50(105-47-20-6-2-7-21-47)38-71(79(74)89)101(66)83-60(94)28-15-29-61(83)95)102(84-62(96)30-16-31-63(84)97)72-39-51(106-48-22-8-3-9-23-48)41-75-80(72)91(56)88-86(108-75)53-25-11-13-35-77(53)110-88/h1-45H. The molecule has 0 aliphatic carbocycles. The van der Waals surface area contributed by atoms with Crippen LogP contribution in [0.25, 0.3) is 20.2 Å². The number of rotatable bonds is 10. The smallest absolute Gasteiger partial charge is 0.268 e. The average Bonchev–Trinajstić information content (AvgIpc) is 1.11. The Labute approximate surface area is 630 Å². The Morgan fingerprint density at radius 2 is 0.609 bits per heavy atom. The predicted octanol–water partition coefficient (Wildman–Crippen LogP) is 19.5. The van der Waals surface area contributed by atoms with Gasteiger partial charge in [0.05, 0.1) is 5.69 Å². The highest BCUT2D eigenvalue weighted by atomic mass is 32.1. The Hall–Kier alpha value is -13.2. The molecule has 0 fully saturated rings. The third kappa shape index (κ3) is 9.48. The average molecular weight is 1490 g/mol. The molecule has 2 aromatic heterocycles. The van der Waals surface area contributed by atoms with Crippen molar-refractivity contribution in [3.05, 3.63) is 320 Å². The lowest BCUT2D eigenvalue weighted by Gasteiger charge is -2.46. The first-order chi connectivity index (χ1) is 53.8. The van der Waals surface area contributed by atoms with Crippen LogP contribution < -0.4 is 91.1 Å². The molecule has 0 amide bonds. The SMILES string of the molecule is Fc1cccc(F)c1N1c2cc3c(cc2B2c4cc5c(cc4Oc4cc(Oc6ccccc6)cc1c42)N(c1c(F)cccc1F)c1cc(Oc2ccccc2)cc2c1B5c1sc4ccccc4c1O2)B1c2sc4ccccc4c2N(c2c(F)cccc2F)c2cc(Oc4ccccc4)cc(c21)N3c1c(F)cccc1F. The first-order valence-electron chi connectivity index (χ1n) is 35.3. The molecule has 6 aliphatic rings. The van der Waals surface area contributed by atoms with Crippen LogP contribution >= 0.6 is 22.7 Å². The summed E-state index contributed by atoms with van der Waals surface area (Å²) in [6, 6.07) is 74.0. The molecular weight excluding hydrogens is 1440 g/mol. The van der Waals surface area contributed by atoms with Crippen LogP contribution in [0.2, 0.25) is 0 Å².